The summed E-state index contributed by atoms with van der Waals surface area (Å²) in [6, 6.07) is 13.5. The number of carbonyl (C=O) groups excluding carboxylic acids is 1. The van der Waals surface area contributed by atoms with Gasteiger partial charge in [0.05, 0.1) is 17.1 Å². The number of rotatable bonds is 3. The van der Waals surface area contributed by atoms with Gasteiger partial charge in [0.15, 0.2) is 0 Å². The SMILES string of the molecule is CC(C(=O)Nc1ccc2[nH]c(=O)[nH]c2c1)N1CCc2ccccc2C1. The number of anilines is 1. The molecule has 128 valence electrons. The van der Waals surface area contributed by atoms with E-state index in [1.54, 1.807) is 18.2 Å². The Morgan fingerprint density at radius 2 is 1.88 bits per heavy atom. The molecule has 0 spiro atoms. The number of amides is 1. The lowest BCUT2D eigenvalue weighted by Crippen LogP contribution is -2.44. The fraction of sp³-hybridized carbons (Fsp3) is 0.263. The standard InChI is InChI=1S/C19H20N4O2/c1-12(23-9-8-13-4-2-3-5-14(13)11-23)18(24)20-15-6-7-16-17(10-15)22-19(25)21-16/h2-7,10,12H,8-9,11H2,1H3,(H,20,24)(H2,21,22,25). The first-order valence-corrected chi connectivity index (χ1v) is 8.44. The summed E-state index contributed by atoms with van der Waals surface area (Å²) in [7, 11) is 0. The number of carbonyl (C=O) groups is 1. The molecule has 0 bridgehead atoms. The Hall–Kier alpha value is -2.86. The summed E-state index contributed by atoms with van der Waals surface area (Å²) >= 11 is 0. The molecule has 2 aromatic carbocycles. The van der Waals surface area contributed by atoms with Crippen LogP contribution in [0.4, 0.5) is 5.69 Å². The molecule has 0 aliphatic carbocycles. The van der Waals surface area contributed by atoms with Crippen molar-refractivity contribution < 1.29 is 4.79 Å². The number of benzene rings is 2. The molecular formula is C19H20N4O2. The van der Waals surface area contributed by atoms with E-state index in [4.69, 9.17) is 0 Å². The molecule has 25 heavy (non-hydrogen) atoms. The van der Waals surface area contributed by atoms with Crippen molar-refractivity contribution in [2.75, 3.05) is 11.9 Å². The summed E-state index contributed by atoms with van der Waals surface area (Å²) in [6.45, 7) is 3.59. The maximum absolute atomic E-state index is 12.6. The summed E-state index contributed by atoms with van der Waals surface area (Å²) < 4.78 is 0. The number of imidazole rings is 1. The second kappa shape index (κ2) is 6.22. The number of nitrogens with zero attached hydrogens (tertiary/aromatic N) is 1. The van der Waals surface area contributed by atoms with E-state index < -0.39 is 0 Å². The minimum Gasteiger partial charge on any atom is -0.325 e. The highest BCUT2D eigenvalue weighted by Gasteiger charge is 2.25. The van der Waals surface area contributed by atoms with Crippen molar-refractivity contribution in [3.8, 4) is 0 Å². The van der Waals surface area contributed by atoms with E-state index in [-0.39, 0.29) is 17.6 Å². The smallest absolute Gasteiger partial charge is 0.323 e. The van der Waals surface area contributed by atoms with Crippen molar-refractivity contribution >= 4 is 22.6 Å². The van der Waals surface area contributed by atoms with Crippen molar-refractivity contribution in [2.24, 2.45) is 0 Å². The Morgan fingerprint density at radius 3 is 2.72 bits per heavy atom. The Balaban J connectivity index is 1.47. The first-order valence-electron chi connectivity index (χ1n) is 8.44. The predicted octanol–water partition coefficient (Wildman–Crippen LogP) is 2.24. The van der Waals surface area contributed by atoms with Gasteiger partial charge in [-0.1, -0.05) is 24.3 Å². The van der Waals surface area contributed by atoms with Gasteiger partial charge in [0.1, 0.15) is 0 Å². The van der Waals surface area contributed by atoms with E-state index in [2.05, 4.69) is 38.4 Å². The number of hydrogen-bond acceptors (Lipinski definition) is 3. The first kappa shape index (κ1) is 15.7. The van der Waals surface area contributed by atoms with Gasteiger partial charge in [0.25, 0.3) is 0 Å². The van der Waals surface area contributed by atoms with Crippen LogP contribution in [0.3, 0.4) is 0 Å². The van der Waals surface area contributed by atoms with Gasteiger partial charge in [0, 0.05) is 18.8 Å². The van der Waals surface area contributed by atoms with Crippen molar-refractivity contribution in [1.82, 2.24) is 14.9 Å². The number of nitrogens with one attached hydrogen (secondary N) is 3. The Labute approximate surface area is 144 Å². The summed E-state index contributed by atoms with van der Waals surface area (Å²) in [5.74, 6) is -0.0448. The van der Waals surface area contributed by atoms with Gasteiger partial charge in [-0.25, -0.2) is 4.79 Å². The van der Waals surface area contributed by atoms with Crippen molar-refractivity contribution in [3.63, 3.8) is 0 Å². The average molecular weight is 336 g/mol. The zero-order chi connectivity index (χ0) is 17.4. The van der Waals surface area contributed by atoms with Crippen LogP contribution in [0, 0.1) is 0 Å². The van der Waals surface area contributed by atoms with Gasteiger partial charge in [-0.15, -0.1) is 0 Å². The molecule has 3 N–H and O–H groups in total. The number of hydrogen-bond donors (Lipinski definition) is 3. The molecule has 0 fully saturated rings. The number of aromatic amines is 2. The maximum atomic E-state index is 12.6. The summed E-state index contributed by atoms with van der Waals surface area (Å²) in [5, 5.41) is 2.95. The Morgan fingerprint density at radius 1 is 1.12 bits per heavy atom. The first-order chi connectivity index (χ1) is 12.1. The zero-order valence-electron chi connectivity index (χ0n) is 14.0. The number of H-pyrrole nitrogens is 2. The fourth-order valence-electron chi connectivity index (χ4n) is 3.37. The van der Waals surface area contributed by atoms with Crippen LogP contribution in [0.25, 0.3) is 11.0 Å². The highest BCUT2D eigenvalue weighted by Crippen LogP contribution is 2.21. The molecule has 1 aliphatic rings. The minimum atomic E-state index is -0.251. The molecule has 1 amide bonds. The lowest BCUT2D eigenvalue weighted by Gasteiger charge is -2.32. The van der Waals surface area contributed by atoms with E-state index in [9.17, 15) is 9.59 Å². The van der Waals surface area contributed by atoms with Crippen molar-refractivity contribution in [3.05, 3.63) is 64.1 Å². The molecule has 1 aromatic heterocycles. The van der Waals surface area contributed by atoms with Gasteiger partial charge in [0.2, 0.25) is 5.91 Å². The quantitative estimate of drug-likeness (QED) is 0.686. The van der Waals surface area contributed by atoms with E-state index in [0.717, 1.165) is 25.0 Å². The van der Waals surface area contributed by atoms with Crippen molar-refractivity contribution in [1.29, 1.82) is 0 Å². The molecule has 0 saturated heterocycles. The molecule has 1 atom stereocenters. The van der Waals surface area contributed by atoms with Gasteiger partial charge in [-0.05, 0) is 42.7 Å². The highest BCUT2D eigenvalue weighted by atomic mass is 16.2. The minimum absolute atomic E-state index is 0.0448. The molecule has 0 radical (unpaired) electrons. The molecule has 0 saturated carbocycles. The molecular weight excluding hydrogens is 316 g/mol. The third-order valence-corrected chi connectivity index (χ3v) is 4.87. The van der Waals surface area contributed by atoms with Crippen LogP contribution in [0.15, 0.2) is 47.3 Å². The second-order valence-corrected chi connectivity index (χ2v) is 6.49. The van der Waals surface area contributed by atoms with Gasteiger partial charge in [-0.3, -0.25) is 9.69 Å². The molecule has 3 aromatic rings. The molecule has 6 nitrogen and oxygen atoms in total. The zero-order valence-corrected chi connectivity index (χ0v) is 14.0. The lowest BCUT2D eigenvalue weighted by atomic mass is 9.99. The Kier molecular flexibility index (Phi) is 3.89. The van der Waals surface area contributed by atoms with Gasteiger partial charge < -0.3 is 15.3 Å². The van der Waals surface area contributed by atoms with E-state index in [1.807, 2.05) is 13.0 Å². The molecule has 6 heteroatoms. The predicted molar refractivity (Wildman–Crippen MR) is 97.6 cm³/mol. The molecule has 1 unspecified atom stereocenters. The normalized spacial score (nSPS) is 15.7. The van der Waals surface area contributed by atoms with E-state index in [1.165, 1.54) is 11.1 Å². The van der Waals surface area contributed by atoms with Crippen LogP contribution in [0.1, 0.15) is 18.1 Å². The van der Waals surface area contributed by atoms with Crippen LogP contribution in [0.5, 0.6) is 0 Å². The molecule has 2 heterocycles. The molecule has 4 rings (SSSR count). The third-order valence-electron chi connectivity index (χ3n) is 4.87. The largest absolute Gasteiger partial charge is 0.325 e. The number of aromatic nitrogens is 2. The van der Waals surface area contributed by atoms with E-state index in [0.29, 0.717) is 11.2 Å². The lowest BCUT2D eigenvalue weighted by molar-refractivity contribution is -0.121. The molecule has 1 aliphatic heterocycles. The monoisotopic (exact) mass is 336 g/mol. The van der Waals surface area contributed by atoms with Crippen molar-refractivity contribution in [2.45, 2.75) is 25.9 Å². The highest BCUT2D eigenvalue weighted by molar-refractivity contribution is 5.96. The van der Waals surface area contributed by atoms with Gasteiger partial charge in [-0.2, -0.15) is 0 Å². The Bertz CT molecular complexity index is 988. The third kappa shape index (κ3) is 3.08. The van der Waals surface area contributed by atoms with E-state index >= 15 is 0 Å². The number of fused-ring (bicyclic) bond motifs is 2. The second-order valence-electron chi connectivity index (χ2n) is 6.49. The summed E-state index contributed by atoms with van der Waals surface area (Å²) in [4.78, 5) is 31.5. The van der Waals surface area contributed by atoms with Crippen LogP contribution in [-0.4, -0.2) is 33.4 Å². The van der Waals surface area contributed by atoms with Crippen LogP contribution < -0.4 is 11.0 Å². The topological polar surface area (TPSA) is 81.0 Å². The maximum Gasteiger partial charge on any atom is 0.323 e. The average Bonchev–Trinajstić information content (AvgIpc) is 3.00. The fourth-order valence-corrected chi connectivity index (χ4v) is 3.37. The van der Waals surface area contributed by atoms with Gasteiger partial charge >= 0.3 is 5.69 Å². The van der Waals surface area contributed by atoms with Crippen LogP contribution >= 0.6 is 0 Å². The summed E-state index contributed by atoms with van der Waals surface area (Å²) in [5.41, 5.74) is 4.50. The summed E-state index contributed by atoms with van der Waals surface area (Å²) in [6.07, 6.45) is 0.963. The van der Waals surface area contributed by atoms with Crippen LogP contribution in [0.2, 0.25) is 0 Å². The van der Waals surface area contributed by atoms with Crippen LogP contribution in [-0.2, 0) is 17.8 Å².